The Kier molecular flexibility index (Phi) is 2.93. The minimum Gasteiger partial charge on any atom is -0.340 e. The van der Waals surface area contributed by atoms with Gasteiger partial charge >= 0.3 is 0 Å². The number of nitrogens with zero attached hydrogens (tertiary/aromatic N) is 3. The van der Waals surface area contributed by atoms with Crippen molar-refractivity contribution in [1.29, 1.82) is 0 Å². The molecule has 1 aromatic heterocycles. The van der Waals surface area contributed by atoms with E-state index in [1.54, 1.807) is 17.2 Å². The third kappa shape index (κ3) is 2.18. The van der Waals surface area contributed by atoms with Gasteiger partial charge in [-0.1, -0.05) is 12.8 Å². The molecule has 1 spiro atoms. The van der Waals surface area contributed by atoms with Gasteiger partial charge in [-0.2, -0.15) is 0 Å². The summed E-state index contributed by atoms with van der Waals surface area (Å²) >= 11 is 0. The predicted molar refractivity (Wildman–Crippen MR) is 66.8 cm³/mol. The number of nitrogens with one attached hydrogen (secondary N) is 1. The molecule has 2 fully saturated rings. The Bertz CT molecular complexity index is 497. The van der Waals surface area contributed by atoms with Crippen molar-refractivity contribution < 1.29 is 9.59 Å². The van der Waals surface area contributed by atoms with Crippen molar-refractivity contribution in [2.45, 2.75) is 37.8 Å². The summed E-state index contributed by atoms with van der Waals surface area (Å²) in [6, 6.07) is 1.76. The second-order valence-corrected chi connectivity index (χ2v) is 5.20. The van der Waals surface area contributed by atoms with Crippen LogP contribution in [0.15, 0.2) is 18.6 Å². The first-order valence-electron chi connectivity index (χ1n) is 6.55. The van der Waals surface area contributed by atoms with Crippen LogP contribution in [-0.4, -0.2) is 38.8 Å². The van der Waals surface area contributed by atoms with Crippen LogP contribution in [0.25, 0.3) is 0 Å². The lowest BCUT2D eigenvalue weighted by Gasteiger charge is -2.39. The zero-order valence-electron chi connectivity index (χ0n) is 10.6. The molecular weight excluding hydrogens is 244 g/mol. The molecule has 0 radical (unpaired) electrons. The van der Waals surface area contributed by atoms with E-state index < -0.39 is 5.54 Å². The Morgan fingerprint density at radius 1 is 1.32 bits per heavy atom. The lowest BCUT2D eigenvalue weighted by atomic mass is 9.93. The standard InChI is InChI=1S/C13H16N4O2/c18-11-8-17(7-10-3-6-14-9-15-10)12(19)13(16-11)4-1-2-5-13/h3,6,9H,1-2,4-5,7-8H2,(H,16,18). The van der Waals surface area contributed by atoms with Crippen molar-refractivity contribution in [1.82, 2.24) is 20.2 Å². The first kappa shape index (κ1) is 12.1. The van der Waals surface area contributed by atoms with Crippen LogP contribution in [0, 0.1) is 0 Å². The normalized spacial score (nSPS) is 21.8. The van der Waals surface area contributed by atoms with Gasteiger partial charge in [0.25, 0.3) is 0 Å². The summed E-state index contributed by atoms with van der Waals surface area (Å²) in [6.45, 7) is 0.487. The third-order valence-corrected chi connectivity index (χ3v) is 3.86. The largest absolute Gasteiger partial charge is 0.340 e. The Morgan fingerprint density at radius 3 is 2.79 bits per heavy atom. The molecule has 1 aliphatic heterocycles. The van der Waals surface area contributed by atoms with E-state index in [0.29, 0.717) is 6.54 Å². The van der Waals surface area contributed by atoms with Crippen LogP contribution in [0.4, 0.5) is 0 Å². The van der Waals surface area contributed by atoms with Gasteiger partial charge in [0.2, 0.25) is 11.8 Å². The van der Waals surface area contributed by atoms with Gasteiger partial charge in [0.15, 0.2) is 0 Å². The van der Waals surface area contributed by atoms with Crippen LogP contribution in [-0.2, 0) is 16.1 Å². The second-order valence-electron chi connectivity index (χ2n) is 5.20. The van der Waals surface area contributed by atoms with E-state index >= 15 is 0 Å². The van der Waals surface area contributed by atoms with Gasteiger partial charge in [-0.25, -0.2) is 9.97 Å². The number of piperazine rings is 1. The second kappa shape index (κ2) is 4.60. The SMILES string of the molecule is O=C1CN(Cc2ccncn2)C(=O)C2(CCCC2)N1. The van der Waals surface area contributed by atoms with E-state index in [0.717, 1.165) is 31.4 Å². The first-order valence-corrected chi connectivity index (χ1v) is 6.55. The highest BCUT2D eigenvalue weighted by Gasteiger charge is 2.48. The predicted octanol–water partition coefficient (Wildman–Crippen LogP) is 0.248. The molecule has 0 unspecified atom stereocenters. The molecule has 3 rings (SSSR count). The molecule has 0 bridgehead atoms. The number of hydrogen-bond acceptors (Lipinski definition) is 4. The molecule has 2 amide bonds. The number of carbonyl (C=O) groups is 2. The Balaban J connectivity index is 1.81. The summed E-state index contributed by atoms with van der Waals surface area (Å²) in [5, 5.41) is 2.89. The van der Waals surface area contributed by atoms with Gasteiger partial charge in [-0.15, -0.1) is 0 Å². The highest BCUT2D eigenvalue weighted by atomic mass is 16.2. The fourth-order valence-corrected chi connectivity index (χ4v) is 2.96. The molecule has 1 saturated heterocycles. The van der Waals surface area contributed by atoms with E-state index in [-0.39, 0.29) is 18.4 Å². The lowest BCUT2D eigenvalue weighted by molar-refractivity contribution is -0.150. The molecular formula is C13H16N4O2. The number of hydrogen-bond donors (Lipinski definition) is 1. The summed E-state index contributed by atoms with van der Waals surface area (Å²) < 4.78 is 0. The highest BCUT2D eigenvalue weighted by Crippen LogP contribution is 2.33. The van der Waals surface area contributed by atoms with Crippen LogP contribution in [0.3, 0.4) is 0 Å². The van der Waals surface area contributed by atoms with Crippen molar-refractivity contribution in [3.05, 3.63) is 24.3 Å². The van der Waals surface area contributed by atoms with Crippen LogP contribution in [0.5, 0.6) is 0 Å². The quantitative estimate of drug-likeness (QED) is 0.827. The zero-order valence-corrected chi connectivity index (χ0v) is 10.6. The molecule has 1 aliphatic carbocycles. The topological polar surface area (TPSA) is 75.2 Å². The summed E-state index contributed by atoms with van der Waals surface area (Å²) in [5.41, 5.74) is 0.105. The number of carbonyl (C=O) groups excluding carboxylic acids is 2. The molecule has 100 valence electrons. The van der Waals surface area contributed by atoms with Crippen LogP contribution < -0.4 is 5.32 Å². The molecule has 1 aromatic rings. The van der Waals surface area contributed by atoms with E-state index in [4.69, 9.17) is 0 Å². The molecule has 0 aromatic carbocycles. The summed E-state index contributed by atoms with van der Waals surface area (Å²) in [4.78, 5) is 34.0. The molecule has 6 heteroatoms. The van der Waals surface area contributed by atoms with E-state index in [9.17, 15) is 9.59 Å². The molecule has 6 nitrogen and oxygen atoms in total. The Labute approximate surface area is 111 Å². The number of aromatic nitrogens is 2. The molecule has 1 N–H and O–H groups in total. The first-order chi connectivity index (χ1) is 9.20. The van der Waals surface area contributed by atoms with Crippen molar-refractivity contribution in [2.75, 3.05) is 6.54 Å². The van der Waals surface area contributed by atoms with Gasteiger partial charge in [0.1, 0.15) is 18.4 Å². The van der Waals surface area contributed by atoms with Crippen molar-refractivity contribution in [3.8, 4) is 0 Å². The van der Waals surface area contributed by atoms with Crippen LogP contribution in [0.1, 0.15) is 31.4 Å². The third-order valence-electron chi connectivity index (χ3n) is 3.86. The molecule has 2 aliphatic rings. The Hall–Kier alpha value is -1.98. The van der Waals surface area contributed by atoms with Crippen LogP contribution >= 0.6 is 0 Å². The van der Waals surface area contributed by atoms with Crippen LogP contribution in [0.2, 0.25) is 0 Å². The average molecular weight is 260 g/mol. The lowest BCUT2D eigenvalue weighted by Crippen LogP contribution is -2.65. The van der Waals surface area contributed by atoms with E-state index in [1.165, 1.54) is 6.33 Å². The molecule has 0 atom stereocenters. The average Bonchev–Trinajstić information content (AvgIpc) is 2.86. The van der Waals surface area contributed by atoms with Gasteiger partial charge in [-0.05, 0) is 18.9 Å². The molecule has 2 heterocycles. The fourth-order valence-electron chi connectivity index (χ4n) is 2.96. The van der Waals surface area contributed by atoms with E-state index in [2.05, 4.69) is 15.3 Å². The summed E-state index contributed by atoms with van der Waals surface area (Å²) in [7, 11) is 0. The van der Waals surface area contributed by atoms with Gasteiger partial charge in [0.05, 0.1) is 12.2 Å². The van der Waals surface area contributed by atoms with Gasteiger partial charge < -0.3 is 10.2 Å². The summed E-state index contributed by atoms with van der Waals surface area (Å²) in [5.74, 6) is -0.0428. The maximum atomic E-state index is 12.6. The fraction of sp³-hybridized carbons (Fsp3) is 0.538. The molecule has 1 saturated carbocycles. The van der Waals surface area contributed by atoms with Gasteiger partial charge in [-0.3, -0.25) is 9.59 Å². The zero-order chi connectivity index (χ0) is 13.3. The number of rotatable bonds is 2. The minimum absolute atomic E-state index is 0.0308. The Morgan fingerprint density at radius 2 is 2.11 bits per heavy atom. The maximum absolute atomic E-state index is 12.6. The monoisotopic (exact) mass is 260 g/mol. The van der Waals surface area contributed by atoms with Gasteiger partial charge in [0, 0.05) is 6.20 Å². The highest BCUT2D eigenvalue weighted by molar-refractivity contribution is 5.98. The van der Waals surface area contributed by atoms with Crippen molar-refractivity contribution in [2.24, 2.45) is 0 Å². The molecule has 19 heavy (non-hydrogen) atoms. The maximum Gasteiger partial charge on any atom is 0.249 e. The van der Waals surface area contributed by atoms with Crippen molar-refractivity contribution in [3.63, 3.8) is 0 Å². The smallest absolute Gasteiger partial charge is 0.249 e. The van der Waals surface area contributed by atoms with E-state index in [1.807, 2.05) is 0 Å². The minimum atomic E-state index is -0.650. The van der Waals surface area contributed by atoms with Crippen molar-refractivity contribution >= 4 is 11.8 Å². The number of amides is 2. The summed E-state index contributed by atoms with van der Waals surface area (Å²) in [6.07, 6.45) is 6.58.